The second kappa shape index (κ2) is 17.6. The summed E-state index contributed by atoms with van der Waals surface area (Å²) in [7, 11) is 0. The van der Waals surface area contributed by atoms with Crippen molar-refractivity contribution in [1.82, 2.24) is 0 Å². The van der Waals surface area contributed by atoms with Crippen molar-refractivity contribution in [2.45, 2.75) is 110 Å². The summed E-state index contributed by atoms with van der Waals surface area (Å²) in [5.41, 5.74) is 0. The maximum atomic E-state index is 10.4. The van der Waals surface area contributed by atoms with E-state index < -0.39 is 5.97 Å². The van der Waals surface area contributed by atoms with Crippen LogP contribution in [-0.2, 0) is 4.79 Å². The van der Waals surface area contributed by atoms with Crippen LogP contribution in [0, 0.1) is 5.92 Å². The van der Waals surface area contributed by atoms with Gasteiger partial charge in [0.05, 0.1) is 0 Å². The Labute approximate surface area is 144 Å². The molecule has 0 unspecified atom stereocenters. The van der Waals surface area contributed by atoms with Gasteiger partial charge in [-0.3, -0.25) is 4.79 Å². The quantitative estimate of drug-likeness (QED) is 0.228. The fraction of sp³-hybridized carbons (Fsp3) is 0.857. The Bertz CT molecular complexity index is 282. The van der Waals surface area contributed by atoms with Crippen molar-refractivity contribution in [2.75, 3.05) is 0 Å². The predicted octanol–water partition coefficient (Wildman–Crippen LogP) is 7.13. The number of hydrogen-bond acceptors (Lipinski definition) is 1. The molecule has 0 aromatic heterocycles. The van der Waals surface area contributed by atoms with Gasteiger partial charge in [-0.15, -0.1) is 0 Å². The molecule has 0 aliphatic carbocycles. The summed E-state index contributed by atoms with van der Waals surface area (Å²) in [6.45, 7) is 4.60. The number of carboxylic acids is 1. The first-order valence-electron chi connectivity index (χ1n) is 9.99. The summed E-state index contributed by atoms with van der Waals surface area (Å²) in [5.74, 6) is 0.193. The summed E-state index contributed by atoms with van der Waals surface area (Å²) in [4.78, 5) is 10.4. The molecule has 0 saturated heterocycles. The summed E-state index contributed by atoms with van der Waals surface area (Å²) >= 11 is 0. The fourth-order valence-electron chi connectivity index (χ4n) is 2.83. The Balaban J connectivity index is 3.08. The van der Waals surface area contributed by atoms with E-state index in [2.05, 4.69) is 26.0 Å². The topological polar surface area (TPSA) is 37.3 Å². The Morgan fingerprint density at radius 2 is 1.17 bits per heavy atom. The van der Waals surface area contributed by atoms with Crippen molar-refractivity contribution in [1.29, 1.82) is 0 Å². The van der Waals surface area contributed by atoms with Crippen molar-refractivity contribution in [2.24, 2.45) is 5.92 Å². The van der Waals surface area contributed by atoms with Crippen molar-refractivity contribution in [3.8, 4) is 0 Å². The number of allylic oxidation sites excluding steroid dienone is 2. The molecule has 0 aliphatic rings. The van der Waals surface area contributed by atoms with Crippen LogP contribution >= 0.6 is 0 Å². The molecule has 0 fully saturated rings. The molecular formula is C21H40O2. The minimum absolute atomic E-state index is 0.339. The van der Waals surface area contributed by atoms with Gasteiger partial charge in [-0.2, -0.15) is 0 Å². The van der Waals surface area contributed by atoms with E-state index in [0.29, 0.717) is 6.42 Å². The minimum Gasteiger partial charge on any atom is -0.481 e. The zero-order valence-electron chi connectivity index (χ0n) is 15.7. The first kappa shape index (κ1) is 22.2. The lowest BCUT2D eigenvalue weighted by Gasteiger charge is -2.02. The molecule has 0 bridgehead atoms. The molecule has 0 radical (unpaired) electrons. The van der Waals surface area contributed by atoms with E-state index in [1.807, 2.05) is 0 Å². The monoisotopic (exact) mass is 324 g/mol. The van der Waals surface area contributed by atoms with Crippen molar-refractivity contribution in [3.63, 3.8) is 0 Å². The van der Waals surface area contributed by atoms with Crippen LogP contribution in [-0.4, -0.2) is 11.1 Å². The molecule has 2 nitrogen and oxygen atoms in total. The molecular weight excluding hydrogens is 284 g/mol. The molecule has 0 heterocycles. The van der Waals surface area contributed by atoms with Crippen molar-refractivity contribution in [3.05, 3.63) is 12.2 Å². The minimum atomic E-state index is -0.658. The Morgan fingerprint density at radius 3 is 1.65 bits per heavy atom. The average Bonchev–Trinajstić information content (AvgIpc) is 2.49. The van der Waals surface area contributed by atoms with Gasteiger partial charge in [0, 0.05) is 6.42 Å². The van der Waals surface area contributed by atoms with Crippen molar-refractivity contribution >= 4 is 5.97 Å². The third-order valence-electron chi connectivity index (χ3n) is 4.33. The van der Waals surface area contributed by atoms with Gasteiger partial charge >= 0.3 is 5.97 Å². The van der Waals surface area contributed by atoms with Crippen LogP contribution in [0.2, 0.25) is 0 Å². The first-order chi connectivity index (χ1) is 11.1. The Kier molecular flexibility index (Phi) is 17.0. The van der Waals surface area contributed by atoms with Gasteiger partial charge in [-0.05, 0) is 38.0 Å². The van der Waals surface area contributed by atoms with E-state index in [1.165, 1.54) is 77.0 Å². The molecule has 0 saturated carbocycles. The van der Waals surface area contributed by atoms with Crippen LogP contribution in [0.15, 0.2) is 12.2 Å². The van der Waals surface area contributed by atoms with Gasteiger partial charge in [0.15, 0.2) is 0 Å². The van der Waals surface area contributed by atoms with Gasteiger partial charge in [0.1, 0.15) is 0 Å². The molecule has 0 aliphatic heterocycles. The molecule has 0 aromatic carbocycles. The van der Waals surface area contributed by atoms with Crippen LogP contribution in [0.5, 0.6) is 0 Å². The second-order valence-electron chi connectivity index (χ2n) is 7.26. The van der Waals surface area contributed by atoms with Crippen LogP contribution in [0.4, 0.5) is 0 Å². The average molecular weight is 325 g/mol. The molecule has 0 amide bonds. The summed E-state index contributed by atoms with van der Waals surface area (Å²) in [6, 6.07) is 0. The fourth-order valence-corrected chi connectivity index (χ4v) is 2.83. The summed E-state index contributed by atoms with van der Waals surface area (Å²) < 4.78 is 0. The molecule has 136 valence electrons. The van der Waals surface area contributed by atoms with Gasteiger partial charge in [-0.25, -0.2) is 0 Å². The molecule has 0 atom stereocenters. The standard InChI is InChI=1S/C21H40O2/c1-20(2)18-16-14-12-10-8-6-4-3-5-7-9-11-13-15-17-19-21(22)23/h8,10,20H,3-7,9,11-19H2,1-2H3,(H,22,23)/b10-8-. The first-order valence-corrected chi connectivity index (χ1v) is 9.99. The number of carbonyl (C=O) groups is 1. The summed E-state index contributed by atoms with van der Waals surface area (Å²) in [6.07, 6.45) is 22.8. The second-order valence-corrected chi connectivity index (χ2v) is 7.26. The highest BCUT2D eigenvalue weighted by molar-refractivity contribution is 5.66. The SMILES string of the molecule is CC(C)CCCC/C=C\CCCCCCCCCCCC(=O)O. The number of aliphatic carboxylic acids is 1. The van der Waals surface area contributed by atoms with E-state index in [0.717, 1.165) is 18.8 Å². The lowest BCUT2D eigenvalue weighted by Crippen LogP contribution is -1.93. The lowest BCUT2D eigenvalue weighted by molar-refractivity contribution is -0.137. The third-order valence-corrected chi connectivity index (χ3v) is 4.33. The van der Waals surface area contributed by atoms with Gasteiger partial charge in [0.25, 0.3) is 0 Å². The highest BCUT2D eigenvalue weighted by atomic mass is 16.4. The summed E-state index contributed by atoms with van der Waals surface area (Å²) in [5, 5.41) is 8.54. The lowest BCUT2D eigenvalue weighted by atomic mass is 10.0. The zero-order chi connectivity index (χ0) is 17.2. The van der Waals surface area contributed by atoms with Gasteiger partial charge < -0.3 is 5.11 Å². The zero-order valence-corrected chi connectivity index (χ0v) is 15.7. The number of carboxylic acid groups (broad SMARTS) is 1. The highest BCUT2D eigenvalue weighted by Gasteiger charge is 1.96. The Hall–Kier alpha value is -0.790. The predicted molar refractivity (Wildman–Crippen MR) is 101 cm³/mol. The highest BCUT2D eigenvalue weighted by Crippen LogP contribution is 2.12. The van der Waals surface area contributed by atoms with Gasteiger partial charge in [0.2, 0.25) is 0 Å². The maximum absolute atomic E-state index is 10.4. The van der Waals surface area contributed by atoms with Crippen LogP contribution < -0.4 is 0 Å². The number of hydrogen-bond donors (Lipinski definition) is 1. The van der Waals surface area contributed by atoms with Gasteiger partial charge in [-0.1, -0.05) is 83.8 Å². The third kappa shape index (κ3) is 21.2. The van der Waals surface area contributed by atoms with E-state index in [1.54, 1.807) is 0 Å². The molecule has 0 spiro atoms. The van der Waals surface area contributed by atoms with Crippen LogP contribution in [0.25, 0.3) is 0 Å². The largest absolute Gasteiger partial charge is 0.481 e. The number of unbranched alkanes of at least 4 members (excludes halogenated alkanes) is 11. The molecule has 23 heavy (non-hydrogen) atoms. The van der Waals surface area contributed by atoms with Crippen LogP contribution in [0.3, 0.4) is 0 Å². The Morgan fingerprint density at radius 1 is 0.739 bits per heavy atom. The molecule has 1 N–H and O–H groups in total. The smallest absolute Gasteiger partial charge is 0.303 e. The van der Waals surface area contributed by atoms with E-state index >= 15 is 0 Å². The normalized spacial score (nSPS) is 11.6. The number of rotatable bonds is 17. The molecule has 0 rings (SSSR count). The van der Waals surface area contributed by atoms with Crippen LogP contribution in [0.1, 0.15) is 110 Å². The molecule has 2 heteroatoms. The van der Waals surface area contributed by atoms with Crippen molar-refractivity contribution < 1.29 is 9.90 Å². The van der Waals surface area contributed by atoms with E-state index in [4.69, 9.17) is 5.11 Å². The molecule has 0 aromatic rings. The van der Waals surface area contributed by atoms with E-state index in [9.17, 15) is 4.79 Å². The maximum Gasteiger partial charge on any atom is 0.303 e. The van der Waals surface area contributed by atoms with E-state index in [-0.39, 0.29) is 0 Å².